The zero-order valence-electron chi connectivity index (χ0n) is 16.5. The molecule has 3 aromatic rings. The van der Waals surface area contributed by atoms with Gasteiger partial charge in [0.1, 0.15) is 0 Å². The maximum atomic E-state index is 13.0. The topological polar surface area (TPSA) is 99.3 Å². The highest BCUT2D eigenvalue weighted by atomic mass is 32.2. The van der Waals surface area contributed by atoms with Crippen molar-refractivity contribution in [2.24, 2.45) is 5.92 Å². The summed E-state index contributed by atoms with van der Waals surface area (Å²) in [5.74, 6) is -0.965. The van der Waals surface area contributed by atoms with Crippen LogP contribution in [0.1, 0.15) is 18.4 Å². The SMILES string of the molecule is O=C(Nc1cccc(C(F)(F)F)c1)C1CCN(S(=O)(=O)c2ccc3[nH]c(=O)sc3c2)CC1. The number of alkyl halides is 3. The first-order valence-corrected chi connectivity index (χ1v) is 11.9. The van der Waals surface area contributed by atoms with Gasteiger partial charge in [0.25, 0.3) is 0 Å². The van der Waals surface area contributed by atoms with Crippen LogP contribution in [0.25, 0.3) is 10.2 Å². The number of fused-ring (bicyclic) bond motifs is 1. The van der Waals surface area contributed by atoms with Gasteiger partial charge in [-0.3, -0.25) is 9.59 Å². The van der Waals surface area contributed by atoms with Crippen LogP contribution in [0.15, 0.2) is 52.2 Å². The molecular formula is C20H18F3N3O4S2. The van der Waals surface area contributed by atoms with Crippen molar-refractivity contribution in [1.82, 2.24) is 9.29 Å². The maximum Gasteiger partial charge on any atom is 0.416 e. The van der Waals surface area contributed by atoms with E-state index < -0.39 is 33.6 Å². The first-order valence-electron chi connectivity index (χ1n) is 9.65. The predicted octanol–water partition coefficient (Wildman–Crippen LogP) is 3.65. The summed E-state index contributed by atoms with van der Waals surface area (Å²) >= 11 is 0.919. The van der Waals surface area contributed by atoms with E-state index >= 15 is 0 Å². The zero-order chi connectivity index (χ0) is 23.1. The number of rotatable bonds is 4. The number of amides is 1. The molecule has 32 heavy (non-hydrogen) atoms. The van der Waals surface area contributed by atoms with Gasteiger partial charge in [0, 0.05) is 24.7 Å². The second-order valence-electron chi connectivity index (χ2n) is 7.42. The lowest BCUT2D eigenvalue weighted by molar-refractivity contribution is -0.137. The van der Waals surface area contributed by atoms with E-state index in [1.54, 1.807) is 0 Å². The van der Waals surface area contributed by atoms with Crippen molar-refractivity contribution in [3.8, 4) is 0 Å². The van der Waals surface area contributed by atoms with Crippen molar-refractivity contribution >= 4 is 43.2 Å². The molecule has 0 aliphatic carbocycles. The lowest BCUT2D eigenvalue weighted by Gasteiger charge is -2.30. The number of carbonyl (C=O) groups excluding carboxylic acids is 1. The van der Waals surface area contributed by atoms with Gasteiger partial charge in [-0.1, -0.05) is 17.4 Å². The van der Waals surface area contributed by atoms with Gasteiger partial charge in [-0.15, -0.1) is 0 Å². The second kappa shape index (κ2) is 8.34. The van der Waals surface area contributed by atoms with Crippen LogP contribution in [0.5, 0.6) is 0 Å². The van der Waals surface area contributed by atoms with Crippen molar-refractivity contribution in [1.29, 1.82) is 0 Å². The molecule has 1 aliphatic heterocycles. The summed E-state index contributed by atoms with van der Waals surface area (Å²) in [4.78, 5) is 26.4. The number of aromatic amines is 1. The minimum atomic E-state index is -4.51. The highest BCUT2D eigenvalue weighted by Gasteiger charge is 2.33. The van der Waals surface area contributed by atoms with Crippen LogP contribution in [0.3, 0.4) is 0 Å². The Bertz CT molecular complexity index is 1320. The molecule has 2 aromatic carbocycles. The van der Waals surface area contributed by atoms with Crippen LogP contribution in [-0.4, -0.2) is 36.7 Å². The van der Waals surface area contributed by atoms with Gasteiger partial charge in [0.15, 0.2) is 0 Å². The number of thiazole rings is 1. The largest absolute Gasteiger partial charge is 0.416 e. The molecule has 12 heteroatoms. The van der Waals surface area contributed by atoms with E-state index in [1.165, 1.54) is 34.6 Å². The number of carbonyl (C=O) groups is 1. The van der Waals surface area contributed by atoms with E-state index in [2.05, 4.69) is 10.3 Å². The Hall–Kier alpha value is -2.70. The molecule has 0 spiro atoms. The van der Waals surface area contributed by atoms with Crippen LogP contribution >= 0.6 is 11.3 Å². The number of piperidine rings is 1. The third-order valence-corrected chi connectivity index (χ3v) is 8.05. The van der Waals surface area contributed by atoms with E-state index in [-0.39, 0.29) is 41.4 Å². The van der Waals surface area contributed by atoms with Gasteiger partial charge < -0.3 is 10.3 Å². The fourth-order valence-electron chi connectivity index (χ4n) is 3.61. The second-order valence-corrected chi connectivity index (χ2v) is 10.4. The molecule has 0 saturated carbocycles. The van der Waals surface area contributed by atoms with Crippen molar-refractivity contribution in [3.05, 3.63) is 57.7 Å². The monoisotopic (exact) mass is 485 g/mol. The zero-order valence-corrected chi connectivity index (χ0v) is 18.1. The summed E-state index contributed by atoms with van der Waals surface area (Å²) < 4.78 is 66.3. The Kier molecular flexibility index (Phi) is 5.86. The maximum absolute atomic E-state index is 13.0. The van der Waals surface area contributed by atoms with Crippen LogP contribution < -0.4 is 10.2 Å². The molecule has 2 N–H and O–H groups in total. The number of hydrogen-bond donors (Lipinski definition) is 2. The number of aromatic nitrogens is 1. The smallest absolute Gasteiger partial charge is 0.326 e. The number of nitrogens with zero attached hydrogens (tertiary/aromatic N) is 1. The molecule has 0 unspecified atom stereocenters. The van der Waals surface area contributed by atoms with Gasteiger partial charge in [0.05, 0.1) is 20.7 Å². The van der Waals surface area contributed by atoms with Gasteiger partial charge in [-0.2, -0.15) is 17.5 Å². The van der Waals surface area contributed by atoms with Crippen molar-refractivity contribution in [3.63, 3.8) is 0 Å². The number of hydrogen-bond acceptors (Lipinski definition) is 5. The highest BCUT2D eigenvalue weighted by Crippen LogP contribution is 2.31. The van der Waals surface area contributed by atoms with E-state index in [1.807, 2.05) is 0 Å². The lowest BCUT2D eigenvalue weighted by atomic mass is 9.97. The van der Waals surface area contributed by atoms with Crippen LogP contribution in [0, 0.1) is 5.92 Å². The molecule has 0 radical (unpaired) electrons. The number of anilines is 1. The minimum Gasteiger partial charge on any atom is -0.326 e. The molecule has 0 atom stereocenters. The Morgan fingerprint density at radius 2 is 1.84 bits per heavy atom. The molecule has 2 heterocycles. The standard InChI is InChI=1S/C20H18F3N3O4S2/c21-20(22,23)13-2-1-3-14(10-13)24-18(27)12-6-8-26(9-7-12)32(29,30)15-4-5-16-17(11-15)31-19(28)25-16/h1-5,10-12H,6-9H2,(H,24,27)(H,25,28). The summed E-state index contributed by atoms with van der Waals surface area (Å²) in [6, 6.07) is 8.77. The number of nitrogens with one attached hydrogen (secondary N) is 2. The molecule has 4 rings (SSSR count). The molecule has 1 amide bonds. The summed E-state index contributed by atoms with van der Waals surface area (Å²) in [5.41, 5.74) is -0.261. The molecule has 1 saturated heterocycles. The minimum absolute atomic E-state index is 0.0404. The fourth-order valence-corrected chi connectivity index (χ4v) is 5.96. The first kappa shape index (κ1) is 22.5. The van der Waals surface area contributed by atoms with Gasteiger partial charge in [0.2, 0.25) is 15.9 Å². The Morgan fingerprint density at radius 3 is 2.53 bits per heavy atom. The Labute approximate surface area is 184 Å². The molecule has 1 aromatic heterocycles. The third kappa shape index (κ3) is 4.57. The average molecular weight is 486 g/mol. The summed E-state index contributed by atoms with van der Waals surface area (Å²) in [5, 5.41) is 2.49. The quantitative estimate of drug-likeness (QED) is 0.589. The summed E-state index contributed by atoms with van der Waals surface area (Å²) in [6.07, 6.45) is -4.03. The van der Waals surface area contributed by atoms with Crippen LogP contribution in [0.4, 0.5) is 18.9 Å². The van der Waals surface area contributed by atoms with Crippen molar-refractivity contribution in [2.45, 2.75) is 23.9 Å². The summed E-state index contributed by atoms with van der Waals surface area (Å²) in [6.45, 7) is 0.203. The van der Waals surface area contributed by atoms with Crippen molar-refractivity contribution < 1.29 is 26.4 Å². The lowest BCUT2D eigenvalue weighted by Crippen LogP contribution is -2.41. The number of H-pyrrole nitrogens is 1. The van der Waals surface area contributed by atoms with E-state index in [0.717, 1.165) is 23.5 Å². The van der Waals surface area contributed by atoms with Crippen LogP contribution in [-0.2, 0) is 21.0 Å². The average Bonchev–Trinajstić information content (AvgIpc) is 3.12. The van der Waals surface area contributed by atoms with Crippen molar-refractivity contribution in [2.75, 3.05) is 18.4 Å². The third-order valence-electron chi connectivity index (χ3n) is 5.31. The molecule has 170 valence electrons. The highest BCUT2D eigenvalue weighted by molar-refractivity contribution is 7.89. The normalized spacial score (nSPS) is 16.3. The molecule has 0 bridgehead atoms. The van der Waals surface area contributed by atoms with Crippen LogP contribution in [0.2, 0.25) is 0 Å². The Balaban J connectivity index is 1.42. The Morgan fingerprint density at radius 1 is 1.12 bits per heavy atom. The number of halogens is 3. The van der Waals surface area contributed by atoms with Gasteiger partial charge in [-0.05, 0) is 49.2 Å². The number of benzene rings is 2. The molecule has 1 aliphatic rings. The molecular weight excluding hydrogens is 467 g/mol. The predicted molar refractivity (Wildman–Crippen MR) is 114 cm³/mol. The molecule has 1 fully saturated rings. The summed E-state index contributed by atoms with van der Waals surface area (Å²) in [7, 11) is -3.81. The first-order chi connectivity index (χ1) is 15.0. The van der Waals surface area contributed by atoms with Gasteiger partial charge in [-0.25, -0.2) is 8.42 Å². The number of sulfonamides is 1. The molecule has 7 nitrogen and oxygen atoms in total. The van der Waals surface area contributed by atoms with E-state index in [9.17, 15) is 31.2 Å². The van der Waals surface area contributed by atoms with Gasteiger partial charge >= 0.3 is 11.0 Å². The van der Waals surface area contributed by atoms with E-state index in [0.29, 0.717) is 10.2 Å². The van der Waals surface area contributed by atoms with E-state index in [4.69, 9.17) is 0 Å². The fraction of sp³-hybridized carbons (Fsp3) is 0.300.